The van der Waals surface area contributed by atoms with Gasteiger partial charge in [0.25, 0.3) is 11.8 Å². The number of imide groups is 1. The average Bonchev–Trinajstić information content (AvgIpc) is 2.71. The second kappa shape index (κ2) is 5.48. The summed E-state index contributed by atoms with van der Waals surface area (Å²) in [5.74, 6) is -1.50. The summed E-state index contributed by atoms with van der Waals surface area (Å²) >= 11 is 0. The zero-order chi connectivity index (χ0) is 13.8. The number of hydrogen-bond donors (Lipinski definition) is 1. The molecule has 1 aromatic rings. The summed E-state index contributed by atoms with van der Waals surface area (Å²) in [6, 6.07) is 6.58. The maximum Gasteiger partial charge on any atom is 0.335 e. The lowest BCUT2D eigenvalue weighted by atomic mass is 10.1. The molecule has 0 unspecified atom stereocenters. The van der Waals surface area contributed by atoms with E-state index in [0.717, 1.165) is 5.56 Å². The maximum atomic E-state index is 11.3. The van der Waals surface area contributed by atoms with Crippen LogP contribution in [0.3, 0.4) is 0 Å². The third kappa shape index (κ3) is 3.07. The van der Waals surface area contributed by atoms with Gasteiger partial charge in [-0.2, -0.15) is 0 Å². The predicted octanol–water partition coefficient (Wildman–Crippen LogP) is 1.24. The van der Waals surface area contributed by atoms with E-state index in [1.54, 1.807) is 24.3 Å². The van der Waals surface area contributed by atoms with E-state index in [2.05, 4.69) is 0 Å². The third-order valence-electron chi connectivity index (χ3n) is 2.95. The molecule has 1 N–H and O–H groups in total. The molecular formula is C14H13NO4. The Morgan fingerprint density at radius 1 is 1.05 bits per heavy atom. The van der Waals surface area contributed by atoms with Gasteiger partial charge >= 0.3 is 5.97 Å². The molecule has 0 aromatic heterocycles. The van der Waals surface area contributed by atoms with Gasteiger partial charge in [-0.3, -0.25) is 14.5 Å². The minimum absolute atomic E-state index is 0.248. The van der Waals surface area contributed by atoms with Crippen molar-refractivity contribution in [1.82, 2.24) is 4.90 Å². The summed E-state index contributed by atoms with van der Waals surface area (Å²) in [6.45, 7) is 0.380. The Balaban J connectivity index is 1.84. The molecule has 1 aliphatic heterocycles. The molecule has 1 aliphatic rings. The highest BCUT2D eigenvalue weighted by atomic mass is 16.4. The molecule has 1 aromatic carbocycles. The van der Waals surface area contributed by atoms with Crippen LogP contribution in [0.1, 0.15) is 22.3 Å². The molecule has 0 saturated heterocycles. The van der Waals surface area contributed by atoms with E-state index in [1.807, 2.05) is 0 Å². The zero-order valence-corrected chi connectivity index (χ0v) is 10.2. The van der Waals surface area contributed by atoms with E-state index in [9.17, 15) is 14.4 Å². The van der Waals surface area contributed by atoms with Crippen LogP contribution >= 0.6 is 0 Å². The fraction of sp³-hybridized carbons (Fsp3) is 0.214. The molecule has 0 aliphatic carbocycles. The molecule has 0 radical (unpaired) electrons. The van der Waals surface area contributed by atoms with Crippen LogP contribution in [0.25, 0.3) is 0 Å². The highest BCUT2D eigenvalue weighted by Crippen LogP contribution is 2.09. The van der Waals surface area contributed by atoms with E-state index >= 15 is 0 Å². The summed E-state index contributed by atoms with van der Waals surface area (Å²) in [5, 5.41) is 8.77. The van der Waals surface area contributed by atoms with Crippen molar-refractivity contribution in [3.8, 4) is 0 Å². The number of hydrogen-bond acceptors (Lipinski definition) is 3. The Morgan fingerprint density at radius 2 is 1.63 bits per heavy atom. The molecule has 0 atom stereocenters. The fourth-order valence-electron chi connectivity index (χ4n) is 1.91. The van der Waals surface area contributed by atoms with Crippen molar-refractivity contribution in [2.75, 3.05) is 6.54 Å². The minimum atomic E-state index is -0.953. The molecule has 0 saturated carbocycles. The molecular weight excluding hydrogens is 246 g/mol. The van der Waals surface area contributed by atoms with Crippen LogP contribution in [0.5, 0.6) is 0 Å². The third-order valence-corrected chi connectivity index (χ3v) is 2.95. The van der Waals surface area contributed by atoms with Crippen LogP contribution in [0.2, 0.25) is 0 Å². The molecule has 5 heteroatoms. The number of aromatic carboxylic acids is 1. The highest BCUT2D eigenvalue weighted by Gasteiger charge is 2.22. The number of carbonyl (C=O) groups is 3. The maximum absolute atomic E-state index is 11.3. The van der Waals surface area contributed by atoms with E-state index in [4.69, 9.17) is 5.11 Å². The average molecular weight is 259 g/mol. The van der Waals surface area contributed by atoms with Gasteiger partial charge in [0, 0.05) is 18.7 Å². The second-order valence-electron chi connectivity index (χ2n) is 4.27. The van der Waals surface area contributed by atoms with Crippen molar-refractivity contribution < 1.29 is 19.5 Å². The lowest BCUT2D eigenvalue weighted by molar-refractivity contribution is -0.136. The molecule has 19 heavy (non-hydrogen) atoms. The van der Waals surface area contributed by atoms with Gasteiger partial charge in [-0.05, 0) is 30.5 Å². The lowest BCUT2D eigenvalue weighted by Gasteiger charge is -2.13. The molecule has 5 nitrogen and oxygen atoms in total. The van der Waals surface area contributed by atoms with Crippen LogP contribution < -0.4 is 0 Å². The number of carbonyl (C=O) groups excluding carboxylic acids is 2. The Morgan fingerprint density at radius 3 is 2.16 bits per heavy atom. The van der Waals surface area contributed by atoms with Crippen LogP contribution in [0.15, 0.2) is 36.4 Å². The first-order valence-electron chi connectivity index (χ1n) is 5.94. The number of carboxylic acid groups (broad SMARTS) is 1. The quantitative estimate of drug-likeness (QED) is 0.807. The highest BCUT2D eigenvalue weighted by molar-refractivity contribution is 6.12. The Kier molecular flexibility index (Phi) is 3.75. The summed E-state index contributed by atoms with van der Waals surface area (Å²) in [5.41, 5.74) is 1.23. The van der Waals surface area contributed by atoms with Gasteiger partial charge in [-0.1, -0.05) is 12.1 Å². The van der Waals surface area contributed by atoms with Crippen LogP contribution in [0, 0.1) is 0 Å². The van der Waals surface area contributed by atoms with Gasteiger partial charge < -0.3 is 5.11 Å². The van der Waals surface area contributed by atoms with Gasteiger partial charge in [0.2, 0.25) is 0 Å². The Labute approximate surface area is 110 Å². The number of carboxylic acids is 1. The van der Waals surface area contributed by atoms with Crippen molar-refractivity contribution in [2.24, 2.45) is 0 Å². The Hall–Kier alpha value is -2.43. The largest absolute Gasteiger partial charge is 0.478 e. The number of aryl methyl sites for hydroxylation is 1. The smallest absolute Gasteiger partial charge is 0.335 e. The van der Waals surface area contributed by atoms with Gasteiger partial charge in [0.05, 0.1) is 5.56 Å². The van der Waals surface area contributed by atoms with E-state index in [0.29, 0.717) is 19.4 Å². The normalized spacial score (nSPS) is 14.2. The molecule has 2 amide bonds. The fourth-order valence-corrected chi connectivity index (χ4v) is 1.91. The Bertz CT molecular complexity index is 527. The molecule has 2 rings (SSSR count). The summed E-state index contributed by atoms with van der Waals surface area (Å²) < 4.78 is 0. The summed E-state index contributed by atoms with van der Waals surface area (Å²) in [7, 11) is 0. The van der Waals surface area contributed by atoms with Gasteiger partial charge in [0.1, 0.15) is 0 Å². The first-order chi connectivity index (χ1) is 9.08. The van der Waals surface area contributed by atoms with Crippen molar-refractivity contribution in [1.29, 1.82) is 0 Å². The van der Waals surface area contributed by atoms with Crippen molar-refractivity contribution in [3.05, 3.63) is 47.5 Å². The first-order valence-corrected chi connectivity index (χ1v) is 5.94. The van der Waals surface area contributed by atoms with Gasteiger partial charge in [0.15, 0.2) is 0 Å². The van der Waals surface area contributed by atoms with Crippen molar-refractivity contribution >= 4 is 17.8 Å². The summed E-state index contributed by atoms with van der Waals surface area (Å²) in [6.07, 6.45) is 3.89. The molecule has 0 bridgehead atoms. The zero-order valence-electron chi connectivity index (χ0n) is 10.2. The number of rotatable bonds is 5. The van der Waals surface area contributed by atoms with Gasteiger partial charge in [-0.25, -0.2) is 4.79 Å². The SMILES string of the molecule is O=C(O)c1ccc(CCCN2C(=O)C=CC2=O)cc1. The van der Waals surface area contributed by atoms with E-state index in [-0.39, 0.29) is 17.4 Å². The van der Waals surface area contributed by atoms with E-state index < -0.39 is 5.97 Å². The first kappa shape index (κ1) is 13.0. The van der Waals surface area contributed by atoms with E-state index in [1.165, 1.54) is 17.1 Å². The minimum Gasteiger partial charge on any atom is -0.478 e. The van der Waals surface area contributed by atoms with Gasteiger partial charge in [-0.15, -0.1) is 0 Å². The van der Waals surface area contributed by atoms with Crippen molar-refractivity contribution in [2.45, 2.75) is 12.8 Å². The molecule has 0 fully saturated rings. The van der Waals surface area contributed by atoms with Crippen LogP contribution in [-0.4, -0.2) is 34.3 Å². The van der Waals surface area contributed by atoms with Crippen LogP contribution in [-0.2, 0) is 16.0 Å². The monoisotopic (exact) mass is 259 g/mol. The van der Waals surface area contributed by atoms with Crippen molar-refractivity contribution in [3.63, 3.8) is 0 Å². The number of nitrogens with zero attached hydrogens (tertiary/aromatic N) is 1. The topological polar surface area (TPSA) is 74.7 Å². The lowest BCUT2D eigenvalue weighted by Crippen LogP contribution is -2.31. The van der Waals surface area contributed by atoms with Crippen LogP contribution in [0.4, 0.5) is 0 Å². The second-order valence-corrected chi connectivity index (χ2v) is 4.27. The molecule has 98 valence electrons. The number of benzene rings is 1. The standard InChI is InChI=1S/C14H13NO4/c16-12-7-8-13(17)15(12)9-1-2-10-3-5-11(6-4-10)14(18)19/h3-8H,1-2,9H2,(H,18,19). The molecule has 0 spiro atoms. The number of amides is 2. The molecule has 1 heterocycles. The summed E-state index contributed by atoms with van der Waals surface area (Å²) in [4.78, 5) is 34.5. The predicted molar refractivity (Wildman–Crippen MR) is 67.6 cm³/mol.